The highest BCUT2D eigenvalue weighted by atomic mass is 35.5. The Balaban J connectivity index is 1.46. The quantitative estimate of drug-likeness (QED) is 0.409. The molecule has 0 aliphatic carbocycles. The zero-order valence-electron chi connectivity index (χ0n) is 18.0. The molecule has 0 aliphatic heterocycles. The first-order chi connectivity index (χ1) is 15.7. The van der Waals surface area contributed by atoms with Crippen LogP contribution in [0.1, 0.15) is 11.4 Å². The number of benzene rings is 2. The van der Waals surface area contributed by atoms with Crippen LogP contribution in [0.15, 0.2) is 65.6 Å². The second kappa shape index (κ2) is 9.08. The van der Waals surface area contributed by atoms with Crippen LogP contribution in [0.25, 0.3) is 5.82 Å². The minimum absolute atomic E-state index is 0.0594. The molecule has 0 fully saturated rings. The first-order valence-corrected chi connectivity index (χ1v) is 11.6. The summed E-state index contributed by atoms with van der Waals surface area (Å²) >= 11 is 5.95. The van der Waals surface area contributed by atoms with Gasteiger partial charge in [-0.3, -0.25) is 4.72 Å². The van der Waals surface area contributed by atoms with Crippen LogP contribution in [0.4, 0.5) is 5.69 Å². The fourth-order valence-electron chi connectivity index (χ4n) is 3.12. The highest BCUT2D eigenvalue weighted by molar-refractivity contribution is 7.92. The van der Waals surface area contributed by atoms with E-state index in [9.17, 15) is 8.42 Å². The van der Waals surface area contributed by atoms with E-state index < -0.39 is 10.0 Å². The van der Waals surface area contributed by atoms with Gasteiger partial charge in [0, 0.05) is 22.5 Å². The number of rotatable bonds is 7. The second-order valence-corrected chi connectivity index (χ2v) is 9.18. The number of methoxy groups -OCH3 is 1. The molecule has 0 saturated carbocycles. The van der Waals surface area contributed by atoms with Gasteiger partial charge in [-0.05, 0) is 68.4 Å². The lowest BCUT2D eigenvalue weighted by atomic mass is 10.3. The number of sulfonamides is 1. The van der Waals surface area contributed by atoms with Gasteiger partial charge in [-0.15, -0.1) is 10.2 Å². The molecule has 4 aromatic rings. The third-order valence-electron chi connectivity index (χ3n) is 4.60. The number of hydrogen-bond donors (Lipinski definition) is 1. The van der Waals surface area contributed by atoms with Crippen molar-refractivity contribution in [3.05, 3.63) is 77.1 Å². The molecule has 0 unspecified atom stereocenters. The topological polar surface area (TPSA) is 108 Å². The molecule has 1 N–H and O–H groups in total. The van der Waals surface area contributed by atoms with Crippen LogP contribution in [-0.2, 0) is 10.0 Å². The zero-order valence-corrected chi connectivity index (χ0v) is 19.6. The van der Waals surface area contributed by atoms with Crippen molar-refractivity contribution < 1.29 is 17.9 Å². The Labute approximate surface area is 196 Å². The van der Waals surface area contributed by atoms with E-state index >= 15 is 0 Å². The van der Waals surface area contributed by atoms with Gasteiger partial charge in [0.1, 0.15) is 16.4 Å². The fraction of sp³-hybridized carbons (Fsp3) is 0.136. The highest BCUT2D eigenvalue weighted by Crippen LogP contribution is 2.29. The average Bonchev–Trinajstić information content (AvgIpc) is 3.13. The zero-order chi connectivity index (χ0) is 23.6. The first-order valence-electron chi connectivity index (χ1n) is 9.77. The molecular weight excluding hydrogens is 466 g/mol. The molecule has 170 valence electrons. The monoisotopic (exact) mass is 485 g/mol. The maximum absolute atomic E-state index is 12.8. The number of hydrogen-bond acceptors (Lipinski definition) is 7. The third kappa shape index (κ3) is 5.07. The Morgan fingerprint density at radius 2 is 1.73 bits per heavy atom. The standard InChI is InChI=1S/C22H20ClN5O4S/c1-14-12-15(2)28(26-14)21-10-11-22(25-24-21)32-18-7-5-17(6-8-18)27-33(29,30)20-13-16(23)4-9-19(20)31-3/h4-13,27H,1-3H3. The molecule has 0 atom stereocenters. The molecule has 2 aromatic heterocycles. The molecule has 0 radical (unpaired) electrons. The summed E-state index contributed by atoms with van der Waals surface area (Å²) in [6, 6.07) is 16.1. The van der Waals surface area contributed by atoms with Crippen LogP contribution >= 0.6 is 11.6 Å². The van der Waals surface area contributed by atoms with Crippen molar-refractivity contribution in [1.82, 2.24) is 20.0 Å². The largest absolute Gasteiger partial charge is 0.495 e. The van der Waals surface area contributed by atoms with Crippen LogP contribution in [0.3, 0.4) is 0 Å². The van der Waals surface area contributed by atoms with Crippen LogP contribution < -0.4 is 14.2 Å². The number of halogens is 1. The summed E-state index contributed by atoms with van der Waals surface area (Å²) in [6.45, 7) is 3.84. The SMILES string of the molecule is COc1ccc(Cl)cc1S(=O)(=O)Nc1ccc(Oc2ccc(-n3nc(C)cc3C)nn2)cc1. The molecule has 2 aromatic carbocycles. The van der Waals surface area contributed by atoms with Crippen LogP contribution in [0.2, 0.25) is 5.02 Å². The van der Waals surface area contributed by atoms with Gasteiger partial charge in [0.15, 0.2) is 5.82 Å². The first kappa shape index (κ1) is 22.6. The van der Waals surface area contributed by atoms with Crippen molar-refractivity contribution >= 4 is 27.3 Å². The third-order valence-corrected chi connectivity index (χ3v) is 6.23. The molecule has 33 heavy (non-hydrogen) atoms. The Hall–Kier alpha value is -3.63. The van der Waals surface area contributed by atoms with Crippen LogP contribution in [-0.4, -0.2) is 35.5 Å². The summed E-state index contributed by atoms with van der Waals surface area (Å²) in [7, 11) is -2.52. The molecule has 0 amide bonds. The van der Waals surface area contributed by atoms with Crippen molar-refractivity contribution in [3.63, 3.8) is 0 Å². The van der Waals surface area contributed by atoms with Gasteiger partial charge in [-0.2, -0.15) is 5.10 Å². The predicted octanol–water partition coefficient (Wildman–Crippen LogP) is 4.53. The van der Waals surface area contributed by atoms with Crippen molar-refractivity contribution in [2.24, 2.45) is 0 Å². The molecule has 4 rings (SSSR count). The number of ether oxygens (including phenoxy) is 2. The van der Waals surface area contributed by atoms with E-state index in [2.05, 4.69) is 20.0 Å². The summed E-state index contributed by atoms with van der Waals surface area (Å²) in [5, 5.41) is 12.9. The average molecular weight is 486 g/mol. The molecule has 0 bridgehead atoms. The van der Waals surface area contributed by atoms with Crippen molar-refractivity contribution in [1.29, 1.82) is 0 Å². The van der Waals surface area contributed by atoms with E-state index in [1.807, 2.05) is 19.9 Å². The number of aromatic nitrogens is 4. The normalized spacial score (nSPS) is 11.3. The van der Waals surface area contributed by atoms with Gasteiger partial charge in [0.2, 0.25) is 5.88 Å². The number of aryl methyl sites for hydroxylation is 2. The van der Waals surface area contributed by atoms with Gasteiger partial charge < -0.3 is 9.47 Å². The lowest BCUT2D eigenvalue weighted by molar-refractivity contribution is 0.403. The Bertz CT molecular complexity index is 1390. The summed E-state index contributed by atoms with van der Waals surface area (Å²) < 4.78 is 40.6. The Morgan fingerprint density at radius 3 is 2.33 bits per heavy atom. The lowest BCUT2D eigenvalue weighted by Crippen LogP contribution is -2.14. The molecule has 11 heteroatoms. The lowest BCUT2D eigenvalue weighted by Gasteiger charge is -2.12. The van der Waals surface area contributed by atoms with Crippen LogP contribution in [0, 0.1) is 13.8 Å². The molecule has 2 heterocycles. The van der Waals surface area contributed by atoms with Crippen molar-refractivity contribution in [3.8, 4) is 23.2 Å². The van der Waals surface area contributed by atoms with Gasteiger partial charge in [0.25, 0.3) is 10.0 Å². The number of anilines is 1. The summed E-state index contributed by atoms with van der Waals surface area (Å²) in [5.41, 5.74) is 2.18. The maximum Gasteiger partial charge on any atom is 0.265 e. The summed E-state index contributed by atoms with van der Waals surface area (Å²) in [6.07, 6.45) is 0. The minimum atomic E-state index is -3.91. The summed E-state index contributed by atoms with van der Waals surface area (Å²) in [5.74, 6) is 1.52. The van der Waals surface area contributed by atoms with Crippen molar-refractivity contribution in [2.75, 3.05) is 11.8 Å². The fourth-order valence-corrected chi connectivity index (χ4v) is 4.62. The van der Waals surface area contributed by atoms with Gasteiger partial charge in [-0.1, -0.05) is 11.6 Å². The predicted molar refractivity (Wildman–Crippen MR) is 124 cm³/mol. The molecule has 9 nitrogen and oxygen atoms in total. The smallest absolute Gasteiger partial charge is 0.265 e. The number of nitrogens with one attached hydrogen (secondary N) is 1. The minimum Gasteiger partial charge on any atom is -0.495 e. The van der Waals surface area contributed by atoms with E-state index in [0.29, 0.717) is 17.3 Å². The van der Waals surface area contributed by atoms with E-state index in [0.717, 1.165) is 11.4 Å². The Kier molecular flexibility index (Phi) is 6.21. The second-order valence-electron chi connectivity index (χ2n) is 7.10. The van der Waals surface area contributed by atoms with E-state index in [-0.39, 0.29) is 21.5 Å². The molecule has 0 spiro atoms. The van der Waals surface area contributed by atoms with Gasteiger partial charge in [0.05, 0.1) is 12.8 Å². The van der Waals surface area contributed by atoms with E-state index in [1.54, 1.807) is 47.1 Å². The molecule has 0 saturated heterocycles. The maximum atomic E-state index is 12.8. The van der Waals surface area contributed by atoms with Crippen molar-refractivity contribution in [2.45, 2.75) is 18.7 Å². The van der Waals surface area contributed by atoms with E-state index in [1.165, 1.54) is 19.2 Å². The molecular formula is C22H20ClN5O4S. The molecule has 0 aliphatic rings. The van der Waals surface area contributed by atoms with E-state index in [4.69, 9.17) is 21.1 Å². The highest BCUT2D eigenvalue weighted by Gasteiger charge is 2.20. The van der Waals surface area contributed by atoms with Gasteiger partial charge in [-0.25, -0.2) is 13.1 Å². The van der Waals surface area contributed by atoms with Crippen LogP contribution in [0.5, 0.6) is 17.4 Å². The summed E-state index contributed by atoms with van der Waals surface area (Å²) in [4.78, 5) is -0.0594. The Morgan fingerprint density at radius 1 is 0.970 bits per heavy atom. The number of nitrogens with zero attached hydrogens (tertiary/aromatic N) is 4. The van der Waals surface area contributed by atoms with Gasteiger partial charge >= 0.3 is 0 Å².